The number of rotatable bonds is 7. The molecule has 4 aromatic carbocycles. The molecule has 3 nitrogen and oxygen atoms in total. The minimum absolute atomic E-state index is 0.581. The molecule has 162 valence electrons. The summed E-state index contributed by atoms with van der Waals surface area (Å²) in [7, 11) is 1.69. The van der Waals surface area contributed by atoms with Crippen LogP contribution in [0.25, 0.3) is 0 Å². The van der Waals surface area contributed by atoms with Crippen LogP contribution in [0.4, 0.5) is 0 Å². The first-order chi connectivity index (χ1) is 16.3. The van der Waals surface area contributed by atoms with E-state index in [9.17, 15) is 0 Å². The van der Waals surface area contributed by atoms with Gasteiger partial charge in [0, 0.05) is 12.6 Å². The maximum Gasteiger partial charge on any atom is 0.137 e. The van der Waals surface area contributed by atoms with Crippen LogP contribution in [0.3, 0.4) is 0 Å². The van der Waals surface area contributed by atoms with Crippen molar-refractivity contribution in [2.24, 2.45) is 0 Å². The third-order valence-electron chi connectivity index (χ3n) is 6.11. The molecular weight excluding hydrogens is 404 g/mol. The SMILES string of the molecule is COc1ccc(Cc2ccn(C(c3ccccc3)(c3ccccc3)c3ccccc3)n2)cc1. The molecule has 0 atom stereocenters. The van der Waals surface area contributed by atoms with E-state index in [2.05, 4.69) is 120 Å². The van der Waals surface area contributed by atoms with Crippen molar-refractivity contribution in [3.05, 3.63) is 155 Å². The Kier molecular flexibility index (Phi) is 5.77. The molecule has 0 saturated carbocycles. The summed E-state index contributed by atoms with van der Waals surface area (Å²) in [6.07, 6.45) is 2.86. The maximum atomic E-state index is 5.30. The summed E-state index contributed by atoms with van der Waals surface area (Å²) < 4.78 is 7.41. The summed E-state index contributed by atoms with van der Waals surface area (Å²) in [6, 6.07) is 42.2. The van der Waals surface area contributed by atoms with Gasteiger partial charge >= 0.3 is 0 Å². The molecule has 0 amide bonds. The summed E-state index contributed by atoms with van der Waals surface area (Å²) in [4.78, 5) is 0. The number of benzene rings is 4. The van der Waals surface area contributed by atoms with E-state index in [1.807, 2.05) is 12.1 Å². The monoisotopic (exact) mass is 430 g/mol. The van der Waals surface area contributed by atoms with Crippen molar-refractivity contribution in [2.75, 3.05) is 7.11 Å². The van der Waals surface area contributed by atoms with Gasteiger partial charge in [-0.2, -0.15) is 5.10 Å². The van der Waals surface area contributed by atoms with Gasteiger partial charge in [0.2, 0.25) is 0 Å². The Morgan fingerprint density at radius 2 is 1.12 bits per heavy atom. The third-order valence-corrected chi connectivity index (χ3v) is 6.11. The van der Waals surface area contributed by atoms with Crippen LogP contribution in [0.5, 0.6) is 5.75 Å². The van der Waals surface area contributed by atoms with E-state index in [1.165, 1.54) is 22.3 Å². The molecule has 0 unspecified atom stereocenters. The van der Waals surface area contributed by atoms with Crippen LogP contribution in [-0.2, 0) is 12.0 Å². The molecule has 0 aliphatic rings. The highest BCUT2D eigenvalue weighted by Crippen LogP contribution is 2.40. The molecule has 3 heteroatoms. The van der Waals surface area contributed by atoms with Crippen LogP contribution in [0, 0.1) is 0 Å². The molecule has 0 fully saturated rings. The second-order valence-electron chi connectivity index (χ2n) is 8.08. The number of hydrogen-bond acceptors (Lipinski definition) is 2. The zero-order chi connectivity index (χ0) is 22.5. The standard InChI is InChI=1S/C30H26N2O/c1-33-29-19-17-24(18-20-29)23-28-21-22-32(31-28)30(25-11-5-2-6-12-25,26-13-7-3-8-14-26)27-15-9-4-10-16-27/h2-22H,23H2,1H3. The van der Waals surface area contributed by atoms with Crippen LogP contribution in [-0.4, -0.2) is 16.9 Å². The van der Waals surface area contributed by atoms with Gasteiger partial charge in [-0.25, -0.2) is 0 Å². The first-order valence-electron chi connectivity index (χ1n) is 11.2. The van der Waals surface area contributed by atoms with Gasteiger partial charge in [-0.15, -0.1) is 0 Å². The number of nitrogens with zero attached hydrogens (tertiary/aromatic N) is 2. The molecule has 33 heavy (non-hydrogen) atoms. The summed E-state index contributed by atoms with van der Waals surface area (Å²) in [5, 5.41) is 5.14. The minimum atomic E-state index is -0.581. The lowest BCUT2D eigenvalue weighted by molar-refractivity contribution is 0.414. The second-order valence-corrected chi connectivity index (χ2v) is 8.08. The first kappa shape index (κ1) is 20.8. The molecule has 5 rings (SSSR count). The van der Waals surface area contributed by atoms with Crippen LogP contribution in [0.2, 0.25) is 0 Å². The molecule has 0 aliphatic carbocycles. The molecule has 0 saturated heterocycles. The Hall–Kier alpha value is -4.11. The smallest absolute Gasteiger partial charge is 0.137 e. The van der Waals surface area contributed by atoms with Crippen molar-refractivity contribution < 1.29 is 4.74 Å². The number of hydrogen-bond donors (Lipinski definition) is 0. The maximum absolute atomic E-state index is 5.30. The third kappa shape index (κ3) is 3.94. The Morgan fingerprint density at radius 1 is 0.636 bits per heavy atom. The van der Waals surface area contributed by atoms with Crippen molar-refractivity contribution in [1.82, 2.24) is 9.78 Å². The van der Waals surface area contributed by atoms with Crippen molar-refractivity contribution in [3.8, 4) is 5.75 Å². The average Bonchev–Trinajstić information content (AvgIpc) is 3.35. The Labute approximate surface area is 194 Å². The van der Waals surface area contributed by atoms with Crippen LogP contribution < -0.4 is 4.74 Å². The van der Waals surface area contributed by atoms with E-state index in [0.717, 1.165) is 17.9 Å². The highest BCUT2D eigenvalue weighted by molar-refractivity contribution is 5.50. The molecule has 1 aromatic heterocycles. The van der Waals surface area contributed by atoms with Crippen molar-refractivity contribution in [2.45, 2.75) is 12.0 Å². The first-order valence-corrected chi connectivity index (χ1v) is 11.2. The Morgan fingerprint density at radius 3 is 1.58 bits per heavy atom. The lowest BCUT2D eigenvalue weighted by atomic mass is 9.77. The summed E-state index contributed by atoms with van der Waals surface area (Å²) in [5.41, 5.74) is 5.14. The van der Waals surface area contributed by atoms with Gasteiger partial charge < -0.3 is 4.74 Å². The van der Waals surface area contributed by atoms with E-state index < -0.39 is 5.54 Å². The molecular formula is C30H26N2O. The van der Waals surface area contributed by atoms with Gasteiger partial charge in [0.25, 0.3) is 0 Å². The molecule has 0 aliphatic heterocycles. The van der Waals surface area contributed by atoms with Crippen molar-refractivity contribution in [3.63, 3.8) is 0 Å². The van der Waals surface area contributed by atoms with Crippen LogP contribution in [0.15, 0.2) is 128 Å². The molecule has 0 radical (unpaired) electrons. The predicted molar refractivity (Wildman–Crippen MR) is 133 cm³/mol. The molecule has 0 bridgehead atoms. The van der Waals surface area contributed by atoms with Crippen LogP contribution >= 0.6 is 0 Å². The fourth-order valence-electron chi connectivity index (χ4n) is 4.53. The van der Waals surface area contributed by atoms with Gasteiger partial charge in [-0.05, 0) is 40.5 Å². The molecule has 1 heterocycles. The van der Waals surface area contributed by atoms with Crippen LogP contribution in [0.1, 0.15) is 27.9 Å². The minimum Gasteiger partial charge on any atom is -0.497 e. The van der Waals surface area contributed by atoms with E-state index in [0.29, 0.717) is 0 Å². The summed E-state index contributed by atoms with van der Waals surface area (Å²) in [5.74, 6) is 0.862. The molecule has 5 aromatic rings. The largest absolute Gasteiger partial charge is 0.497 e. The second kappa shape index (κ2) is 9.17. The number of methoxy groups -OCH3 is 1. The van der Waals surface area contributed by atoms with E-state index in [4.69, 9.17) is 9.84 Å². The van der Waals surface area contributed by atoms with Gasteiger partial charge in [0.05, 0.1) is 12.8 Å². The Bertz CT molecular complexity index is 1200. The lowest BCUT2D eigenvalue weighted by Gasteiger charge is -2.36. The summed E-state index contributed by atoms with van der Waals surface area (Å²) >= 11 is 0. The zero-order valence-electron chi connectivity index (χ0n) is 18.6. The van der Waals surface area contributed by atoms with Gasteiger partial charge in [0.1, 0.15) is 11.3 Å². The molecule has 0 N–H and O–H groups in total. The highest BCUT2D eigenvalue weighted by atomic mass is 16.5. The van der Waals surface area contributed by atoms with Gasteiger partial charge in [-0.1, -0.05) is 103 Å². The van der Waals surface area contributed by atoms with Crippen molar-refractivity contribution >= 4 is 0 Å². The number of ether oxygens (including phenoxy) is 1. The van der Waals surface area contributed by atoms with Gasteiger partial charge in [0.15, 0.2) is 0 Å². The fourth-order valence-corrected chi connectivity index (χ4v) is 4.53. The summed E-state index contributed by atoms with van der Waals surface area (Å²) in [6.45, 7) is 0. The van der Waals surface area contributed by atoms with Gasteiger partial charge in [-0.3, -0.25) is 4.68 Å². The Balaban J connectivity index is 1.67. The van der Waals surface area contributed by atoms with Crippen molar-refractivity contribution in [1.29, 1.82) is 0 Å². The average molecular weight is 431 g/mol. The number of aromatic nitrogens is 2. The topological polar surface area (TPSA) is 27.1 Å². The van der Waals surface area contributed by atoms with E-state index in [1.54, 1.807) is 7.11 Å². The lowest BCUT2D eigenvalue weighted by Crippen LogP contribution is -2.38. The van der Waals surface area contributed by atoms with E-state index >= 15 is 0 Å². The molecule has 0 spiro atoms. The predicted octanol–water partition coefficient (Wildman–Crippen LogP) is 6.32. The zero-order valence-corrected chi connectivity index (χ0v) is 18.6. The normalized spacial score (nSPS) is 11.3. The fraction of sp³-hybridized carbons (Fsp3) is 0.100. The highest BCUT2D eigenvalue weighted by Gasteiger charge is 2.39. The van der Waals surface area contributed by atoms with E-state index in [-0.39, 0.29) is 0 Å². The quantitative estimate of drug-likeness (QED) is 0.282.